The molecule has 0 radical (unpaired) electrons. The van der Waals surface area contributed by atoms with Crippen LogP contribution in [-0.4, -0.2) is 37.1 Å². The Morgan fingerprint density at radius 1 is 1.31 bits per heavy atom. The minimum atomic E-state index is 0. The van der Waals surface area contributed by atoms with Crippen LogP contribution in [0.5, 0.6) is 0 Å². The number of nitrogens with zero attached hydrogens (tertiary/aromatic N) is 1. The summed E-state index contributed by atoms with van der Waals surface area (Å²) in [6, 6.07) is 0.961. The Balaban J connectivity index is 0.000000963. The lowest BCUT2D eigenvalue weighted by atomic mass is 9.89. The van der Waals surface area contributed by atoms with E-state index in [9.17, 15) is 0 Å². The summed E-state index contributed by atoms with van der Waals surface area (Å²) in [4.78, 5) is 2.81. The van der Waals surface area contributed by atoms with E-state index in [-0.39, 0.29) is 12.4 Å². The summed E-state index contributed by atoms with van der Waals surface area (Å²) in [5, 5.41) is 3.52. The molecule has 2 aliphatic heterocycles. The molecule has 3 rings (SSSR count). The summed E-state index contributed by atoms with van der Waals surface area (Å²) in [5.74, 6) is 1.06. The molecule has 3 atom stereocenters. The Kier molecular flexibility index (Phi) is 3.82. The molecular formula is C13H25ClN2. The monoisotopic (exact) mass is 244 g/mol. The molecule has 0 aromatic heterocycles. The van der Waals surface area contributed by atoms with Crippen molar-refractivity contribution in [3.8, 4) is 0 Å². The van der Waals surface area contributed by atoms with Gasteiger partial charge in [-0.3, -0.25) is 4.90 Å². The minimum absolute atomic E-state index is 0. The maximum Gasteiger partial charge on any atom is 0.0124 e. The van der Waals surface area contributed by atoms with Gasteiger partial charge in [0.1, 0.15) is 0 Å². The molecule has 3 unspecified atom stereocenters. The van der Waals surface area contributed by atoms with Gasteiger partial charge in [-0.2, -0.15) is 0 Å². The molecule has 1 saturated carbocycles. The van der Waals surface area contributed by atoms with Crippen molar-refractivity contribution in [3.05, 3.63) is 0 Å². The standard InChI is InChI=1S/C13H24N2.ClH/c1-13(6-7-14-9-13)10-15-8-5-11-3-2-4-12(11)15;/h11-12,14H,2-10H2,1H3;1H. The molecule has 16 heavy (non-hydrogen) atoms. The van der Waals surface area contributed by atoms with Crippen LogP contribution in [0.3, 0.4) is 0 Å². The maximum atomic E-state index is 3.52. The highest BCUT2D eigenvalue weighted by atomic mass is 35.5. The summed E-state index contributed by atoms with van der Waals surface area (Å²) in [7, 11) is 0. The number of hydrogen-bond acceptors (Lipinski definition) is 2. The lowest BCUT2D eigenvalue weighted by molar-refractivity contribution is 0.158. The molecule has 1 N–H and O–H groups in total. The van der Waals surface area contributed by atoms with E-state index in [1.54, 1.807) is 0 Å². The van der Waals surface area contributed by atoms with Crippen molar-refractivity contribution in [3.63, 3.8) is 0 Å². The predicted octanol–water partition coefficient (Wildman–Crippen LogP) is 2.28. The second-order valence-corrected chi connectivity index (χ2v) is 6.25. The number of halogens is 1. The molecular weight excluding hydrogens is 220 g/mol. The van der Waals surface area contributed by atoms with Gasteiger partial charge in [-0.05, 0) is 50.1 Å². The summed E-state index contributed by atoms with van der Waals surface area (Å²) in [5.41, 5.74) is 0.567. The lowest BCUT2D eigenvalue weighted by Crippen LogP contribution is -2.40. The molecule has 0 aromatic carbocycles. The van der Waals surface area contributed by atoms with Crippen molar-refractivity contribution in [2.75, 3.05) is 26.2 Å². The fourth-order valence-electron chi connectivity index (χ4n) is 4.02. The molecule has 0 bridgehead atoms. The molecule has 2 heterocycles. The SMILES string of the molecule is CC1(CN2CCC3CCCC32)CCNC1.Cl. The van der Waals surface area contributed by atoms with Crippen LogP contribution in [0.25, 0.3) is 0 Å². The Labute approximate surface area is 106 Å². The van der Waals surface area contributed by atoms with Gasteiger partial charge in [0.05, 0.1) is 0 Å². The Morgan fingerprint density at radius 3 is 2.94 bits per heavy atom. The van der Waals surface area contributed by atoms with Gasteiger partial charge in [0.25, 0.3) is 0 Å². The highest BCUT2D eigenvalue weighted by Crippen LogP contribution is 2.39. The van der Waals surface area contributed by atoms with Gasteiger partial charge in [0.15, 0.2) is 0 Å². The van der Waals surface area contributed by atoms with Crippen LogP contribution < -0.4 is 5.32 Å². The zero-order valence-electron chi connectivity index (χ0n) is 10.4. The average molecular weight is 245 g/mol. The topological polar surface area (TPSA) is 15.3 Å². The van der Waals surface area contributed by atoms with E-state index in [0.717, 1.165) is 12.0 Å². The highest BCUT2D eigenvalue weighted by Gasteiger charge is 2.40. The van der Waals surface area contributed by atoms with Crippen molar-refractivity contribution in [1.82, 2.24) is 10.2 Å². The first-order valence-electron chi connectivity index (χ1n) is 6.72. The number of hydrogen-bond donors (Lipinski definition) is 1. The van der Waals surface area contributed by atoms with Crippen LogP contribution in [-0.2, 0) is 0 Å². The zero-order valence-corrected chi connectivity index (χ0v) is 11.2. The van der Waals surface area contributed by atoms with E-state index in [4.69, 9.17) is 0 Å². The summed E-state index contributed by atoms with van der Waals surface area (Å²) < 4.78 is 0. The predicted molar refractivity (Wildman–Crippen MR) is 70.2 cm³/mol. The smallest absolute Gasteiger partial charge is 0.0124 e. The number of nitrogens with one attached hydrogen (secondary N) is 1. The molecule has 3 heteroatoms. The second-order valence-electron chi connectivity index (χ2n) is 6.25. The molecule has 94 valence electrons. The first-order chi connectivity index (χ1) is 7.27. The third-order valence-electron chi connectivity index (χ3n) is 4.92. The highest BCUT2D eigenvalue weighted by molar-refractivity contribution is 5.85. The van der Waals surface area contributed by atoms with Gasteiger partial charge in [0, 0.05) is 19.1 Å². The van der Waals surface area contributed by atoms with Crippen molar-refractivity contribution in [2.45, 2.75) is 45.1 Å². The Bertz CT molecular complexity index is 238. The van der Waals surface area contributed by atoms with Gasteiger partial charge in [-0.15, -0.1) is 12.4 Å². The van der Waals surface area contributed by atoms with Gasteiger partial charge in [-0.1, -0.05) is 13.3 Å². The second kappa shape index (κ2) is 4.83. The fourth-order valence-corrected chi connectivity index (χ4v) is 4.02. The van der Waals surface area contributed by atoms with E-state index < -0.39 is 0 Å². The minimum Gasteiger partial charge on any atom is -0.316 e. The molecule has 1 aliphatic carbocycles. The number of fused-ring (bicyclic) bond motifs is 1. The van der Waals surface area contributed by atoms with Crippen LogP contribution in [0.4, 0.5) is 0 Å². The van der Waals surface area contributed by atoms with Crippen LogP contribution in [0.15, 0.2) is 0 Å². The van der Waals surface area contributed by atoms with Gasteiger partial charge in [0.2, 0.25) is 0 Å². The van der Waals surface area contributed by atoms with Crippen LogP contribution in [0.1, 0.15) is 39.0 Å². The van der Waals surface area contributed by atoms with Gasteiger partial charge >= 0.3 is 0 Å². The normalized spacial score (nSPS) is 43.3. The lowest BCUT2D eigenvalue weighted by Gasteiger charge is -2.32. The molecule has 2 saturated heterocycles. The van der Waals surface area contributed by atoms with Crippen LogP contribution in [0.2, 0.25) is 0 Å². The fraction of sp³-hybridized carbons (Fsp3) is 1.00. The van der Waals surface area contributed by atoms with Crippen molar-refractivity contribution >= 4 is 12.4 Å². The summed E-state index contributed by atoms with van der Waals surface area (Å²) in [6.45, 7) is 7.67. The largest absolute Gasteiger partial charge is 0.316 e. The van der Waals surface area contributed by atoms with E-state index >= 15 is 0 Å². The Hall–Kier alpha value is 0.210. The van der Waals surface area contributed by atoms with E-state index in [0.29, 0.717) is 5.41 Å². The molecule has 3 fully saturated rings. The maximum absolute atomic E-state index is 3.52. The first kappa shape index (κ1) is 12.7. The number of likely N-dealkylation sites (tertiary alicyclic amines) is 1. The Morgan fingerprint density at radius 2 is 2.19 bits per heavy atom. The molecule has 2 nitrogen and oxygen atoms in total. The first-order valence-corrected chi connectivity index (χ1v) is 6.72. The summed E-state index contributed by atoms with van der Waals surface area (Å²) >= 11 is 0. The average Bonchev–Trinajstić information content (AvgIpc) is 2.85. The molecule has 0 spiro atoms. The van der Waals surface area contributed by atoms with E-state index in [2.05, 4.69) is 17.1 Å². The van der Waals surface area contributed by atoms with E-state index in [1.807, 2.05) is 0 Å². The van der Waals surface area contributed by atoms with Gasteiger partial charge in [-0.25, -0.2) is 0 Å². The summed E-state index contributed by atoms with van der Waals surface area (Å²) in [6.07, 6.45) is 7.33. The third-order valence-corrected chi connectivity index (χ3v) is 4.92. The molecule has 0 aromatic rings. The zero-order chi connectivity index (χ0) is 10.3. The quantitative estimate of drug-likeness (QED) is 0.802. The number of rotatable bonds is 2. The van der Waals surface area contributed by atoms with Crippen molar-refractivity contribution in [1.29, 1.82) is 0 Å². The van der Waals surface area contributed by atoms with Crippen molar-refractivity contribution in [2.24, 2.45) is 11.3 Å². The van der Waals surface area contributed by atoms with Gasteiger partial charge < -0.3 is 5.32 Å². The van der Waals surface area contributed by atoms with E-state index in [1.165, 1.54) is 58.3 Å². The van der Waals surface area contributed by atoms with Crippen LogP contribution >= 0.6 is 12.4 Å². The third kappa shape index (κ3) is 2.25. The van der Waals surface area contributed by atoms with Crippen molar-refractivity contribution < 1.29 is 0 Å². The van der Waals surface area contributed by atoms with Crippen LogP contribution in [0, 0.1) is 11.3 Å². The molecule has 3 aliphatic rings. The molecule has 0 amide bonds.